The van der Waals surface area contributed by atoms with Gasteiger partial charge >= 0.3 is 0 Å². The first-order chi connectivity index (χ1) is 10.6. The van der Waals surface area contributed by atoms with E-state index < -0.39 is 0 Å². The molecule has 2 nitrogen and oxygen atoms in total. The lowest BCUT2D eigenvalue weighted by Gasteiger charge is -2.10. The third-order valence-electron chi connectivity index (χ3n) is 4.22. The number of nitrogens with zero attached hydrogens (tertiary/aromatic N) is 1. The van der Waals surface area contributed by atoms with Crippen LogP contribution >= 0.6 is 15.9 Å². The summed E-state index contributed by atoms with van der Waals surface area (Å²) in [6.45, 7) is 2.79. The monoisotopic (exact) mass is 351 g/mol. The van der Waals surface area contributed by atoms with E-state index in [0.29, 0.717) is 0 Å². The van der Waals surface area contributed by atoms with E-state index in [-0.39, 0.29) is 5.78 Å². The van der Waals surface area contributed by atoms with Crippen LogP contribution in [0.3, 0.4) is 0 Å². The molecule has 3 aromatic rings. The second-order valence-electron chi connectivity index (χ2n) is 5.64. The zero-order valence-electron chi connectivity index (χ0n) is 12.1. The summed E-state index contributed by atoms with van der Waals surface area (Å²) in [6.07, 6.45) is 0. The molecule has 0 aliphatic heterocycles. The molecule has 1 aromatic heterocycles. The molecule has 108 valence electrons. The standard InChI is InChI=1S/C19H14BrNO/c1-12-9-17-16-10-14(20)7-8-15(16)19(22)18(17)21(12)11-13-5-3-2-4-6-13/h2-10H,11H2,1H3. The van der Waals surface area contributed by atoms with Crippen LogP contribution in [0.25, 0.3) is 11.1 Å². The average molecular weight is 352 g/mol. The van der Waals surface area contributed by atoms with Gasteiger partial charge in [-0.3, -0.25) is 4.79 Å². The fourth-order valence-corrected chi connectivity index (χ4v) is 3.52. The van der Waals surface area contributed by atoms with E-state index in [1.807, 2.05) is 36.4 Å². The van der Waals surface area contributed by atoms with Crippen LogP contribution < -0.4 is 0 Å². The zero-order chi connectivity index (χ0) is 15.3. The summed E-state index contributed by atoms with van der Waals surface area (Å²) in [7, 11) is 0. The van der Waals surface area contributed by atoms with Gasteiger partial charge in [0.05, 0.1) is 5.69 Å². The third-order valence-corrected chi connectivity index (χ3v) is 4.71. The van der Waals surface area contributed by atoms with E-state index >= 15 is 0 Å². The fourth-order valence-electron chi connectivity index (χ4n) is 3.16. The van der Waals surface area contributed by atoms with Gasteiger partial charge in [-0.15, -0.1) is 0 Å². The van der Waals surface area contributed by atoms with Gasteiger partial charge in [0.25, 0.3) is 0 Å². The van der Waals surface area contributed by atoms with Crippen LogP contribution in [-0.2, 0) is 6.54 Å². The summed E-state index contributed by atoms with van der Waals surface area (Å²) in [4.78, 5) is 12.8. The van der Waals surface area contributed by atoms with E-state index in [0.717, 1.165) is 39.1 Å². The molecule has 1 aliphatic carbocycles. The highest BCUT2D eigenvalue weighted by Gasteiger charge is 2.31. The van der Waals surface area contributed by atoms with Crippen LogP contribution in [0.1, 0.15) is 27.3 Å². The number of aromatic nitrogens is 1. The summed E-state index contributed by atoms with van der Waals surface area (Å²) in [6, 6.07) is 18.2. The molecule has 0 N–H and O–H groups in total. The van der Waals surface area contributed by atoms with Crippen molar-refractivity contribution in [3.8, 4) is 11.1 Å². The Labute approximate surface area is 137 Å². The Bertz CT molecular complexity index is 893. The van der Waals surface area contributed by atoms with E-state index in [9.17, 15) is 4.79 Å². The lowest BCUT2D eigenvalue weighted by atomic mass is 10.1. The Morgan fingerprint density at radius 1 is 0.955 bits per heavy atom. The van der Waals surface area contributed by atoms with Crippen molar-refractivity contribution in [1.29, 1.82) is 0 Å². The number of aryl methyl sites for hydroxylation is 1. The molecule has 0 bridgehead atoms. The van der Waals surface area contributed by atoms with Crippen LogP contribution in [0.5, 0.6) is 0 Å². The van der Waals surface area contributed by atoms with Gasteiger partial charge in [-0.1, -0.05) is 46.3 Å². The largest absolute Gasteiger partial charge is 0.337 e. The van der Waals surface area contributed by atoms with Crippen molar-refractivity contribution in [2.45, 2.75) is 13.5 Å². The molecule has 0 unspecified atom stereocenters. The molecule has 1 aliphatic rings. The number of halogens is 1. The minimum atomic E-state index is 0.126. The Kier molecular flexibility index (Phi) is 3.05. The quantitative estimate of drug-likeness (QED) is 0.507. The van der Waals surface area contributed by atoms with Gasteiger partial charge in [0.2, 0.25) is 5.78 Å². The van der Waals surface area contributed by atoms with Crippen molar-refractivity contribution in [3.05, 3.63) is 81.6 Å². The van der Waals surface area contributed by atoms with E-state index in [2.05, 4.69) is 45.6 Å². The number of carbonyl (C=O) groups excluding carboxylic acids is 1. The molecule has 0 fully saturated rings. The number of hydrogen-bond donors (Lipinski definition) is 0. The Morgan fingerprint density at radius 2 is 1.73 bits per heavy atom. The molecule has 2 aromatic carbocycles. The van der Waals surface area contributed by atoms with Crippen LogP contribution in [0.15, 0.2) is 59.1 Å². The normalized spacial score (nSPS) is 12.4. The summed E-state index contributed by atoms with van der Waals surface area (Å²) in [5.41, 5.74) is 6.02. The first-order valence-electron chi connectivity index (χ1n) is 7.24. The second kappa shape index (κ2) is 4.96. The van der Waals surface area contributed by atoms with Crippen LogP contribution in [0.2, 0.25) is 0 Å². The first kappa shape index (κ1) is 13.5. The van der Waals surface area contributed by atoms with Crippen molar-refractivity contribution in [2.24, 2.45) is 0 Å². The highest BCUT2D eigenvalue weighted by Crippen LogP contribution is 2.40. The van der Waals surface area contributed by atoms with Crippen molar-refractivity contribution in [2.75, 3.05) is 0 Å². The molecule has 0 radical (unpaired) electrons. The van der Waals surface area contributed by atoms with Crippen LogP contribution in [0, 0.1) is 6.92 Å². The lowest BCUT2D eigenvalue weighted by molar-refractivity contribution is 0.103. The van der Waals surface area contributed by atoms with Gasteiger partial charge < -0.3 is 4.57 Å². The highest BCUT2D eigenvalue weighted by atomic mass is 79.9. The van der Waals surface area contributed by atoms with Gasteiger partial charge in [-0.2, -0.15) is 0 Å². The van der Waals surface area contributed by atoms with Crippen LogP contribution in [0.4, 0.5) is 0 Å². The van der Waals surface area contributed by atoms with Crippen molar-refractivity contribution in [3.63, 3.8) is 0 Å². The maximum atomic E-state index is 12.8. The third kappa shape index (κ3) is 1.97. The van der Waals surface area contributed by atoms with E-state index in [4.69, 9.17) is 0 Å². The van der Waals surface area contributed by atoms with Crippen molar-refractivity contribution in [1.82, 2.24) is 4.57 Å². The Hall–Kier alpha value is -2.13. The molecule has 22 heavy (non-hydrogen) atoms. The predicted octanol–water partition coefficient (Wildman–Crippen LogP) is 4.82. The topological polar surface area (TPSA) is 22.0 Å². The van der Waals surface area contributed by atoms with E-state index in [1.165, 1.54) is 5.56 Å². The number of rotatable bonds is 2. The van der Waals surface area contributed by atoms with Crippen molar-refractivity contribution < 1.29 is 4.79 Å². The molecule has 3 heteroatoms. The Morgan fingerprint density at radius 3 is 2.50 bits per heavy atom. The number of ketones is 1. The average Bonchev–Trinajstić information content (AvgIpc) is 2.97. The Balaban J connectivity index is 1.86. The maximum absolute atomic E-state index is 12.8. The molecular weight excluding hydrogens is 338 g/mol. The molecule has 0 atom stereocenters. The minimum Gasteiger partial charge on any atom is -0.337 e. The van der Waals surface area contributed by atoms with Crippen molar-refractivity contribution >= 4 is 21.7 Å². The lowest BCUT2D eigenvalue weighted by Crippen LogP contribution is -2.10. The van der Waals surface area contributed by atoms with Gasteiger partial charge in [-0.05, 0) is 42.3 Å². The molecule has 4 rings (SSSR count). The molecule has 0 spiro atoms. The zero-order valence-corrected chi connectivity index (χ0v) is 13.7. The van der Waals surface area contributed by atoms with E-state index in [1.54, 1.807) is 0 Å². The fraction of sp³-hybridized carbons (Fsp3) is 0.105. The van der Waals surface area contributed by atoms with Gasteiger partial charge in [0.1, 0.15) is 0 Å². The smallest absolute Gasteiger partial charge is 0.210 e. The summed E-state index contributed by atoms with van der Waals surface area (Å²) in [5.74, 6) is 0.126. The minimum absolute atomic E-state index is 0.126. The number of benzene rings is 2. The van der Waals surface area contributed by atoms with Gasteiger partial charge in [0.15, 0.2) is 0 Å². The van der Waals surface area contributed by atoms with Gasteiger partial charge in [0, 0.05) is 27.8 Å². The highest BCUT2D eigenvalue weighted by molar-refractivity contribution is 9.10. The van der Waals surface area contributed by atoms with Gasteiger partial charge in [-0.25, -0.2) is 0 Å². The molecule has 0 saturated carbocycles. The summed E-state index contributed by atoms with van der Waals surface area (Å²) in [5, 5.41) is 0. The number of fused-ring (bicyclic) bond motifs is 3. The maximum Gasteiger partial charge on any atom is 0.210 e. The first-order valence-corrected chi connectivity index (χ1v) is 8.03. The summed E-state index contributed by atoms with van der Waals surface area (Å²) >= 11 is 3.50. The number of carbonyl (C=O) groups is 1. The molecule has 0 amide bonds. The van der Waals surface area contributed by atoms with Crippen LogP contribution in [-0.4, -0.2) is 10.4 Å². The predicted molar refractivity (Wildman–Crippen MR) is 91.3 cm³/mol. The summed E-state index contributed by atoms with van der Waals surface area (Å²) < 4.78 is 3.13. The molecule has 1 heterocycles. The SMILES string of the molecule is Cc1cc2c(n1Cc1ccccc1)C(=O)c1ccc(Br)cc1-2. The molecule has 0 saturated heterocycles. The number of hydrogen-bond acceptors (Lipinski definition) is 1. The molecular formula is C19H14BrNO. The second-order valence-corrected chi connectivity index (χ2v) is 6.55.